The second-order valence-electron chi connectivity index (χ2n) is 7.18. The molecule has 3 N–H and O–H groups in total. The third-order valence-electron chi connectivity index (χ3n) is 4.79. The van der Waals surface area contributed by atoms with Crippen LogP contribution < -0.4 is 20.5 Å². The fraction of sp³-hybridized carbons (Fsp3) is 0. The number of hydrogen-bond donors (Lipinski definition) is 2. The van der Waals surface area contributed by atoms with Crippen LogP contribution in [-0.2, 0) is 4.79 Å². The van der Waals surface area contributed by atoms with Crippen LogP contribution in [0.2, 0.25) is 0 Å². The average Bonchev–Trinajstić information content (AvgIpc) is 2.85. The molecule has 166 valence electrons. The lowest BCUT2D eigenvalue weighted by Gasteiger charge is -2.14. The summed E-state index contributed by atoms with van der Waals surface area (Å²) in [4.78, 5) is 16.2. The van der Waals surface area contributed by atoms with Gasteiger partial charge in [0.15, 0.2) is 0 Å². The van der Waals surface area contributed by atoms with E-state index in [1.54, 1.807) is 48.7 Å². The van der Waals surface area contributed by atoms with Crippen molar-refractivity contribution in [2.75, 3.05) is 11.1 Å². The number of benzene rings is 3. The number of para-hydroxylation sites is 1. The molecule has 34 heavy (non-hydrogen) atoms. The van der Waals surface area contributed by atoms with Gasteiger partial charge in [-0.05, 0) is 60.2 Å². The molecule has 1 heterocycles. The maximum absolute atomic E-state index is 12.0. The van der Waals surface area contributed by atoms with Gasteiger partial charge in [0.25, 0.3) is 5.91 Å². The first-order valence-corrected chi connectivity index (χ1v) is 10.3. The van der Waals surface area contributed by atoms with E-state index in [-0.39, 0.29) is 11.4 Å². The van der Waals surface area contributed by atoms with Crippen molar-refractivity contribution in [3.8, 4) is 40.2 Å². The van der Waals surface area contributed by atoms with Gasteiger partial charge in [0.2, 0.25) is 0 Å². The molecule has 0 aliphatic rings. The fourth-order valence-corrected chi connectivity index (χ4v) is 3.17. The lowest BCUT2D eigenvalue weighted by molar-refractivity contribution is -0.112. The Kier molecular flexibility index (Phi) is 6.52. The highest BCUT2D eigenvalue weighted by atomic mass is 16.5. The second-order valence-corrected chi connectivity index (χ2v) is 7.18. The number of amides is 1. The van der Waals surface area contributed by atoms with E-state index in [9.17, 15) is 4.79 Å². The molecule has 0 bridgehead atoms. The van der Waals surface area contributed by atoms with Gasteiger partial charge in [-0.25, -0.2) is 4.98 Å². The van der Waals surface area contributed by atoms with Gasteiger partial charge >= 0.3 is 0 Å². The van der Waals surface area contributed by atoms with Crippen molar-refractivity contribution in [1.29, 1.82) is 5.26 Å². The summed E-state index contributed by atoms with van der Waals surface area (Å²) in [7, 11) is 0. The molecule has 0 radical (unpaired) electrons. The predicted molar refractivity (Wildman–Crippen MR) is 131 cm³/mol. The molecule has 0 saturated carbocycles. The van der Waals surface area contributed by atoms with Gasteiger partial charge in [-0.3, -0.25) is 4.79 Å². The Bertz CT molecular complexity index is 1380. The monoisotopic (exact) mass is 448 g/mol. The Morgan fingerprint density at radius 1 is 0.912 bits per heavy atom. The van der Waals surface area contributed by atoms with E-state index in [4.69, 9.17) is 20.5 Å². The topological polar surface area (TPSA) is 110 Å². The fourth-order valence-electron chi connectivity index (χ4n) is 3.17. The van der Waals surface area contributed by atoms with Gasteiger partial charge in [0.05, 0.1) is 5.56 Å². The Labute approximate surface area is 196 Å². The summed E-state index contributed by atoms with van der Waals surface area (Å²) in [5.41, 5.74) is 7.74. The van der Waals surface area contributed by atoms with Gasteiger partial charge in [-0.15, -0.1) is 0 Å². The Morgan fingerprint density at radius 3 is 2.29 bits per heavy atom. The molecular formula is C27H20N4O3. The molecule has 0 aliphatic carbocycles. The van der Waals surface area contributed by atoms with Crippen LogP contribution in [0, 0.1) is 11.3 Å². The van der Waals surface area contributed by atoms with E-state index < -0.39 is 5.91 Å². The minimum Gasteiger partial charge on any atom is -0.457 e. The third-order valence-corrected chi connectivity index (χ3v) is 4.79. The molecule has 4 aromatic rings. The van der Waals surface area contributed by atoms with E-state index in [0.717, 1.165) is 5.75 Å². The maximum atomic E-state index is 12.0. The summed E-state index contributed by atoms with van der Waals surface area (Å²) < 4.78 is 11.9. The summed E-state index contributed by atoms with van der Waals surface area (Å²) >= 11 is 0. The number of nitrogen functional groups attached to an aromatic ring is 1. The molecule has 4 rings (SSSR count). The number of pyridine rings is 1. The molecule has 7 heteroatoms. The SMILES string of the molecule is C=C(C#N)C(=O)Nc1cccc(-c2c(Oc3ccc(Oc4ccccc4)cc3)ccnc2N)c1. The number of nitriles is 1. The van der Waals surface area contributed by atoms with Crippen molar-refractivity contribution in [3.63, 3.8) is 0 Å². The number of nitrogens with one attached hydrogen (secondary N) is 1. The third kappa shape index (κ3) is 5.21. The molecule has 0 atom stereocenters. The molecule has 7 nitrogen and oxygen atoms in total. The Hall–Kier alpha value is -5.09. The van der Waals surface area contributed by atoms with E-state index in [1.165, 1.54) is 0 Å². The van der Waals surface area contributed by atoms with Crippen LogP contribution in [0.15, 0.2) is 103 Å². The minimum absolute atomic E-state index is 0.185. The Balaban J connectivity index is 1.57. The number of ether oxygens (including phenoxy) is 2. The maximum Gasteiger partial charge on any atom is 0.265 e. The van der Waals surface area contributed by atoms with Crippen molar-refractivity contribution >= 4 is 17.4 Å². The van der Waals surface area contributed by atoms with Crippen LogP contribution >= 0.6 is 0 Å². The van der Waals surface area contributed by atoms with E-state index in [2.05, 4.69) is 16.9 Å². The summed E-state index contributed by atoms with van der Waals surface area (Å²) in [6, 6.07) is 27.1. The van der Waals surface area contributed by atoms with Crippen LogP contribution in [-0.4, -0.2) is 10.9 Å². The second kappa shape index (κ2) is 10.0. The Morgan fingerprint density at radius 2 is 1.59 bits per heavy atom. The van der Waals surface area contributed by atoms with Crippen LogP contribution in [0.25, 0.3) is 11.1 Å². The molecule has 1 amide bonds. The number of nitrogens with two attached hydrogens (primary N) is 1. The molecule has 0 unspecified atom stereocenters. The van der Waals surface area contributed by atoms with E-state index in [1.807, 2.05) is 48.5 Å². The van der Waals surface area contributed by atoms with Crippen molar-refractivity contribution in [2.24, 2.45) is 0 Å². The lowest BCUT2D eigenvalue weighted by atomic mass is 10.0. The zero-order valence-electron chi connectivity index (χ0n) is 18.1. The highest BCUT2D eigenvalue weighted by molar-refractivity contribution is 6.06. The largest absolute Gasteiger partial charge is 0.457 e. The minimum atomic E-state index is -0.576. The van der Waals surface area contributed by atoms with Crippen molar-refractivity contribution in [1.82, 2.24) is 4.98 Å². The quantitative estimate of drug-likeness (QED) is 0.268. The molecule has 0 spiro atoms. The molecule has 3 aromatic carbocycles. The first-order valence-electron chi connectivity index (χ1n) is 10.3. The first kappa shape index (κ1) is 22.1. The molecule has 0 fully saturated rings. The average molecular weight is 448 g/mol. The number of carbonyl (C=O) groups excluding carboxylic acids is 1. The summed E-state index contributed by atoms with van der Waals surface area (Å²) in [5, 5.41) is 11.5. The summed E-state index contributed by atoms with van der Waals surface area (Å²) in [6.07, 6.45) is 1.56. The van der Waals surface area contributed by atoms with Gasteiger partial charge < -0.3 is 20.5 Å². The number of hydrogen-bond acceptors (Lipinski definition) is 6. The highest BCUT2D eigenvalue weighted by Crippen LogP contribution is 2.38. The zero-order chi connectivity index (χ0) is 23.9. The summed E-state index contributed by atoms with van der Waals surface area (Å²) in [6.45, 7) is 3.42. The molecular weight excluding hydrogens is 428 g/mol. The van der Waals surface area contributed by atoms with Crippen LogP contribution in [0.5, 0.6) is 23.0 Å². The van der Waals surface area contributed by atoms with Crippen LogP contribution in [0.4, 0.5) is 11.5 Å². The number of carbonyl (C=O) groups is 1. The van der Waals surface area contributed by atoms with E-state index in [0.29, 0.717) is 34.1 Å². The summed E-state index contributed by atoms with van der Waals surface area (Å²) in [5.74, 6) is 2.19. The standard InChI is InChI=1S/C27H20N4O3/c1-18(17-28)27(32)31-20-7-5-6-19(16-20)25-24(14-15-30-26(25)29)34-23-12-10-22(11-13-23)33-21-8-3-2-4-9-21/h2-16H,1H2,(H2,29,30)(H,31,32). The number of aromatic nitrogens is 1. The normalized spacial score (nSPS) is 10.1. The van der Waals surface area contributed by atoms with Crippen molar-refractivity contribution in [2.45, 2.75) is 0 Å². The molecule has 0 saturated heterocycles. The number of anilines is 2. The van der Waals surface area contributed by atoms with Gasteiger partial charge in [0, 0.05) is 11.9 Å². The van der Waals surface area contributed by atoms with Gasteiger partial charge in [0.1, 0.15) is 40.5 Å². The zero-order valence-corrected chi connectivity index (χ0v) is 18.1. The van der Waals surface area contributed by atoms with E-state index >= 15 is 0 Å². The smallest absolute Gasteiger partial charge is 0.265 e. The first-order chi connectivity index (χ1) is 16.5. The number of nitrogens with zero attached hydrogens (tertiary/aromatic N) is 2. The highest BCUT2D eigenvalue weighted by Gasteiger charge is 2.14. The van der Waals surface area contributed by atoms with Crippen LogP contribution in [0.1, 0.15) is 0 Å². The van der Waals surface area contributed by atoms with Crippen molar-refractivity contribution in [3.05, 3.63) is 103 Å². The lowest BCUT2D eigenvalue weighted by Crippen LogP contribution is -2.12. The molecule has 1 aromatic heterocycles. The van der Waals surface area contributed by atoms with Gasteiger partial charge in [-0.2, -0.15) is 5.26 Å². The van der Waals surface area contributed by atoms with Crippen molar-refractivity contribution < 1.29 is 14.3 Å². The number of rotatable bonds is 7. The molecule has 0 aliphatic heterocycles. The predicted octanol–water partition coefficient (Wildman–Crippen LogP) is 5.93. The van der Waals surface area contributed by atoms with Crippen LogP contribution in [0.3, 0.4) is 0 Å². The van der Waals surface area contributed by atoms with Gasteiger partial charge in [-0.1, -0.05) is 36.9 Å².